The number of nitrogens with zero attached hydrogens (tertiary/aromatic N) is 2. The fraction of sp³-hybridized carbons (Fsp3) is 0.300. The zero-order valence-electron chi connectivity index (χ0n) is 8.08. The van der Waals surface area contributed by atoms with Crippen LogP contribution in [0.1, 0.15) is 5.56 Å². The van der Waals surface area contributed by atoms with E-state index in [0.29, 0.717) is 11.3 Å². The van der Waals surface area contributed by atoms with Gasteiger partial charge in [0.05, 0.1) is 6.34 Å². The summed E-state index contributed by atoms with van der Waals surface area (Å²) in [7, 11) is 3.69. The lowest BCUT2D eigenvalue weighted by Gasteiger charge is -2.03. The second-order valence-corrected chi connectivity index (χ2v) is 3.12. The van der Waals surface area contributed by atoms with Crippen molar-refractivity contribution in [2.75, 3.05) is 14.1 Å². The minimum Gasteiger partial charge on any atom is -0.369 e. The Hall–Kier alpha value is -1.38. The van der Waals surface area contributed by atoms with E-state index in [1.54, 1.807) is 36.4 Å². The predicted molar refractivity (Wildman–Crippen MR) is 53.0 cm³/mol. The van der Waals surface area contributed by atoms with Gasteiger partial charge in [0, 0.05) is 14.1 Å². The normalized spacial score (nSPS) is 10.8. The molecule has 0 atom stereocenters. The van der Waals surface area contributed by atoms with Crippen LogP contribution in [0.4, 0.5) is 10.1 Å². The summed E-state index contributed by atoms with van der Waals surface area (Å²) in [4.78, 5) is 5.76. The van der Waals surface area contributed by atoms with Crippen molar-refractivity contribution in [1.82, 2.24) is 4.90 Å². The summed E-state index contributed by atoms with van der Waals surface area (Å²) in [5.41, 5.74) is 1.00. The van der Waals surface area contributed by atoms with Crippen molar-refractivity contribution in [3.63, 3.8) is 0 Å². The molecule has 0 amide bonds. The number of hydrogen-bond acceptors (Lipinski definition) is 1. The first-order valence-electron chi connectivity index (χ1n) is 4.07. The Kier molecular flexibility index (Phi) is 3.01. The summed E-state index contributed by atoms with van der Waals surface area (Å²) in [6.07, 6.45) is 1.58. The quantitative estimate of drug-likeness (QED) is 0.504. The lowest BCUT2D eigenvalue weighted by atomic mass is 10.2. The molecule has 1 aromatic carbocycles. The van der Waals surface area contributed by atoms with E-state index in [2.05, 4.69) is 4.99 Å². The molecule has 3 heteroatoms. The van der Waals surface area contributed by atoms with E-state index in [1.165, 1.54) is 0 Å². The molecule has 0 aliphatic heterocycles. The SMILES string of the molecule is Cc1cccc(/N=C/N(C)C)c1F. The zero-order chi connectivity index (χ0) is 9.84. The standard InChI is InChI=1S/C10H13FN2/c1-8-5-4-6-9(10(8)11)12-7-13(2)3/h4-7H,1-3H3/b12-7+. The third-order valence-electron chi connectivity index (χ3n) is 1.60. The molecule has 0 saturated carbocycles. The van der Waals surface area contributed by atoms with E-state index in [1.807, 2.05) is 14.1 Å². The lowest BCUT2D eigenvalue weighted by molar-refractivity contribution is 0.617. The van der Waals surface area contributed by atoms with Crippen LogP contribution in [-0.2, 0) is 0 Å². The van der Waals surface area contributed by atoms with Crippen molar-refractivity contribution in [3.8, 4) is 0 Å². The van der Waals surface area contributed by atoms with Gasteiger partial charge < -0.3 is 4.90 Å². The molecular weight excluding hydrogens is 167 g/mol. The fourth-order valence-corrected chi connectivity index (χ4v) is 0.909. The highest BCUT2D eigenvalue weighted by Crippen LogP contribution is 2.19. The Balaban J connectivity index is 2.95. The summed E-state index contributed by atoms with van der Waals surface area (Å²) in [5.74, 6) is -0.249. The smallest absolute Gasteiger partial charge is 0.151 e. The monoisotopic (exact) mass is 180 g/mol. The molecule has 0 fully saturated rings. The van der Waals surface area contributed by atoms with E-state index >= 15 is 0 Å². The number of halogens is 1. The molecule has 0 bridgehead atoms. The van der Waals surface area contributed by atoms with Crippen LogP contribution in [0.2, 0.25) is 0 Å². The van der Waals surface area contributed by atoms with Gasteiger partial charge in [0.1, 0.15) is 5.69 Å². The van der Waals surface area contributed by atoms with Gasteiger partial charge in [-0.05, 0) is 18.6 Å². The minimum absolute atomic E-state index is 0.249. The van der Waals surface area contributed by atoms with Gasteiger partial charge in [-0.3, -0.25) is 0 Å². The molecule has 0 unspecified atom stereocenters. The number of rotatable bonds is 2. The maximum absolute atomic E-state index is 13.3. The molecule has 0 radical (unpaired) electrons. The third kappa shape index (κ3) is 2.54. The first-order valence-corrected chi connectivity index (χ1v) is 4.07. The summed E-state index contributed by atoms with van der Waals surface area (Å²) < 4.78 is 13.3. The molecule has 13 heavy (non-hydrogen) atoms. The van der Waals surface area contributed by atoms with Crippen LogP contribution in [0.5, 0.6) is 0 Å². The van der Waals surface area contributed by atoms with Gasteiger partial charge in [0.25, 0.3) is 0 Å². The van der Waals surface area contributed by atoms with E-state index in [0.717, 1.165) is 0 Å². The van der Waals surface area contributed by atoms with Crippen LogP contribution in [0, 0.1) is 12.7 Å². The fourth-order valence-electron chi connectivity index (χ4n) is 0.909. The highest BCUT2D eigenvalue weighted by atomic mass is 19.1. The highest BCUT2D eigenvalue weighted by molar-refractivity contribution is 5.61. The molecule has 0 saturated heterocycles. The molecule has 0 spiro atoms. The maximum atomic E-state index is 13.3. The van der Waals surface area contributed by atoms with Crippen LogP contribution in [0.25, 0.3) is 0 Å². The average molecular weight is 180 g/mol. The van der Waals surface area contributed by atoms with Gasteiger partial charge in [-0.25, -0.2) is 9.38 Å². The third-order valence-corrected chi connectivity index (χ3v) is 1.60. The summed E-state index contributed by atoms with van der Waals surface area (Å²) in [6.45, 7) is 1.73. The minimum atomic E-state index is -0.249. The van der Waals surface area contributed by atoms with E-state index in [4.69, 9.17) is 0 Å². The van der Waals surface area contributed by atoms with Crippen molar-refractivity contribution in [2.45, 2.75) is 6.92 Å². The molecule has 1 rings (SSSR count). The highest BCUT2D eigenvalue weighted by Gasteiger charge is 2.01. The van der Waals surface area contributed by atoms with E-state index < -0.39 is 0 Å². The molecule has 0 aliphatic carbocycles. The average Bonchev–Trinajstić information content (AvgIpc) is 2.07. The van der Waals surface area contributed by atoms with Gasteiger partial charge in [-0.1, -0.05) is 12.1 Å². The van der Waals surface area contributed by atoms with Gasteiger partial charge in [-0.15, -0.1) is 0 Å². The Morgan fingerprint density at radius 2 is 2.08 bits per heavy atom. The molecule has 0 N–H and O–H groups in total. The van der Waals surface area contributed by atoms with Crippen LogP contribution in [-0.4, -0.2) is 25.3 Å². The van der Waals surface area contributed by atoms with Crippen LogP contribution >= 0.6 is 0 Å². The first-order chi connectivity index (χ1) is 6.11. The summed E-state index contributed by atoms with van der Waals surface area (Å²) >= 11 is 0. The second-order valence-electron chi connectivity index (χ2n) is 3.12. The molecule has 0 aliphatic rings. The molecule has 0 aromatic heterocycles. The van der Waals surface area contributed by atoms with Gasteiger partial charge in [0.2, 0.25) is 0 Å². The van der Waals surface area contributed by atoms with Gasteiger partial charge in [-0.2, -0.15) is 0 Å². The Morgan fingerprint density at radius 1 is 1.38 bits per heavy atom. The second kappa shape index (κ2) is 4.03. The molecule has 70 valence electrons. The predicted octanol–water partition coefficient (Wildman–Crippen LogP) is 2.36. The van der Waals surface area contributed by atoms with Crippen molar-refractivity contribution >= 4 is 12.0 Å². The Morgan fingerprint density at radius 3 is 2.69 bits per heavy atom. The van der Waals surface area contributed by atoms with Crippen molar-refractivity contribution < 1.29 is 4.39 Å². The lowest BCUT2D eigenvalue weighted by Crippen LogP contribution is -2.07. The largest absolute Gasteiger partial charge is 0.369 e. The van der Waals surface area contributed by atoms with Crippen molar-refractivity contribution in [3.05, 3.63) is 29.6 Å². The number of benzene rings is 1. The van der Waals surface area contributed by atoms with E-state index in [-0.39, 0.29) is 5.82 Å². The Labute approximate surface area is 77.7 Å². The van der Waals surface area contributed by atoms with Crippen LogP contribution in [0.3, 0.4) is 0 Å². The molecule has 2 nitrogen and oxygen atoms in total. The van der Waals surface area contributed by atoms with Crippen molar-refractivity contribution in [2.24, 2.45) is 4.99 Å². The molecular formula is C10H13FN2. The van der Waals surface area contributed by atoms with Crippen LogP contribution < -0.4 is 0 Å². The maximum Gasteiger partial charge on any atom is 0.151 e. The van der Waals surface area contributed by atoms with Gasteiger partial charge in [0.15, 0.2) is 5.82 Å². The van der Waals surface area contributed by atoms with Crippen LogP contribution in [0.15, 0.2) is 23.2 Å². The molecule has 0 heterocycles. The summed E-state index contributed by atoms with van der Waals surface area (Å²) in [6, 6.07) is 5.17. The zero-order valence-corrected chi connectivity index (χ0v) is 8.08. The summed E-state index contributed by atoms with van der Waals surface area (Å²) in [5, 5.41) is 0. The molecule has 1 aromatic rings. The van der Waals surface area contributed by atoms with E-state index in [9.17, 15) is 4.39 Å². The number of aryl methyl sites for hydroxylation is 1. The topological polar surface area (TPSA) is 15.6 Å². The van der Waals surface area contributed by atoms with Crippen molar-refractivity contribution in [1.29, 1.82) is 0 Å². The number of hydrogen-bond donors (Lipinski definition) is 0. The number of aliphatic imine (C=N–C) groups is 1. The van der Waals surface area contributed by atoms with Gasteiger partial charge >= 0.3 is 0 Å². The first kappa shape index (κ1) is 9.71. The Bertz CT molecular complexity index is 319.